The van der Waals surface area contributed by atoms with Crippen LogP contribution in [0.5, 0.6) is 0 Å². The van der Waals surface area contributed by atoms with Crippen LogP contribution < -0.4 is 5.32 Å². The fraction of sp³-hybridized carbons (Fsp3) is 0.429. The second-order valence-corrected chi connectivity index (χ2v) is 6.76. The van der Waals surface area contributed by atoms with E-state index in [1.807, 2.05) is 26.0 Å². The van der Waals surface area contributed by atoms with Crippen molar-refractivity contribution < 1.29 is 19.4 Å². The fourth-order valence-corrected chi connectivity index (χ4v) is 2.88. The van der Waals surface area contributed by atoms with E-state index in [1.165, 1.54) is 0 Å². The number of amides is 1. The number of carboxylic acid groups (broad SMARTS) is 1. The molecule has 7 nitrogen and oxygen atoms in total. The van der Waals surface area contributed by atoms with E-state index in [9.17, 15) is 9.59 Å². The maximum Gasteiger partial charge on any atom is 0.407 e. The van der Waals surface area contributed by atoms with Gasteiger partial charge in [-0.15, -0.1) is 0 Å². The molecule has 1 unspecified atom stereocenters. The van der Waals surface area contributed by atoms with E-state index in [-0.39, 0.29) is 6.42 Å². The summed E-state index contributed by atoms with van der Waals surface area (Å²) in [6.07, 6.45) is 8.72. The number of ether oxygens (including phenoxy) is 1. The van der Waals surface area contributed by atoms with Crippen molar-refractivity contribution in [2.45, 2.75) is 52.1 Å². The summed E-state index contributed by atoms with van der Waals surface area (Å²) in [4.78, 5) is 31.1. The zero-order valence-corrected chi connectivity index (χ0v) is 16.4. The minimum atomic E-state index is -0.798. The highest BCUT2D eigenvalue weighted by atomic mass is 16.6. The number of carbonyl (C=O) groups excluding carboxylic acids is 1. The van der Waals surface area contributed by atoms with Gasteiger partial charge in [-0.3, -0.25) is 14.8 Å². The average molecular weight is 385 g/mol. The summed E-state index contributed by atoms with van der Waals surface area (Å²) < 4.78 is 5.71. The monoisotopic (exact) mass is 385 g/mol. The van der Waals surface area contributed by atoms with Gasteiger partial charge in [-0.05, 0) is 55.5 Å². The number of hydrogen-bond acceptors (Lipinski definition) is 5. The number of nitrogens with zero attached hydrogens (tertiary/aromatic N) is 2. The van der Waals surface area contributed by atoms with E-state index in [2.05, 4.69) is 15.3 Å². The lowest BCUT2D eigenvalue weighted by Crippen LogP contribution is -2.28. The molecular weight excluding hydrogens is 358 g/mol. The van der Waals surface area contributed by atoms with Gasteiger partial charge in [0.25, 0.3) is 0 Å². The van der Waals surface area contributed by atoms with E-state index >= 15 is 0 Å². The van der Waals surface area contributed by atoms with Gasteiger partial charge >= 0.3 is 12.1 Å². The molecule has 0 saturated heterocycles. The van der Waals surface area contributed by atoms with Crippen LogP contribution in [0.15, 0.2) is 36.9 Å². The zero-order valence-electron chi connectivity index (χ0n) is 16.4. The number of nitrogens with one attached hydrogen (secondary N) is 1. The summed E-state index contributed by atoms with van der Waals surface area (Å²) in [6, 6.07) is 3.82. The molecule has 0 saturated carbocycles. The Morgan fingerprint density at radius 3 is 2.46 bits per heavy atom. The van der Waals surface area contributed by atoms with Crippen LogP contribution in [0.3, 0.4) is 0 Å². The molecule has 0 aromatic carbocycles. The largest absolute Gasteiger partial charge is 0.481 e. The van der Waals surface area contributed by atoms with Gasteiger partial charge in [0.2, 0.25) is 0 Å². The molecule has 1 amide bonds. The highest BCUT2D eigenvalue weighted by Gasteiger charge is 2.20. The topological polar surface area (TPSA) is 101 Å². The molecule has 0 aliphatic heterocycles. The van der Waals surface area contributed by atoms with Crippen LogP contribution in [0.1, 0.15) is 54.0 Å². The average Bonchev–Trinajstić information content (AvgIpc) is 2.66. The van der Waals surface area contributed by atoms with Crippen molar-refractivity contribution in [1.82, 2.24) is 15.3 Å². The van der Waals surface area contributed by atoms with E-state index in [0.29, 0.717) is 25.8 Å². The van der Waals surface area contributed by atoms with Gasteiger partial charge in [0, 0.05) is 49.7 Å². The second kappa shape index (κ2) is 11.0. The number of carbonyl (C=O) groups is 2. The summed E-state index contributed by atoms with van der Waals surface area (Å²) in [6.45, 7) is 4.41. The standard InChI is InChI=1S/C21H27N3O4/c1-15-7-10-22-13-17(15)12-19(18-14-23-11-8-16(18)2)28-21(27)24-9-5-3-4-6-20(25)26/h7-8,10-11,13-14,19H,3-6,9,12H2,1-2H3,(H,24,27)(H,25,26). The van der Waals surface area contributed by atoms with Crippen molar-refractivity contribution in [2.75, 3.05) is 6.54 Å². The molecule has 0 aliphatic rings. The molecule has 2 N–H and O–H groups in total. The van der Waals surface area contributed by atoms with Crippen molar-refractivity contribution in [1.29, 1.82) is 0 Å². The van der Waals surface area contributed by atoms with Crippen LogP contribution in [0.25, 0.3) is 0 Å². The summed E-state index contributed by atoms with van der Waals surface area (Å²) in [5.74, 6) is -0.798. The first-order chi connectivity index (χ1) is 13.5. The maximum atomic E-state index is 12.3. The highest BCUT2D eigenvalue weighted by Crippen LogP contribution is 2.25. The van der Waals surface area contributed by atoms with Gasteiger partial charge in [0.05, 0.1) is 0 Å². The number of pyridine rings is 2. The number of carboxylic acids is 1. The van der Waals surface area contributed by atoms with E-state index < -0.39 is 18.2 Å². The minimum absolute atomic E-state index is 0.150. The lowest BCUT2D eigenvalue weighted by atomic mass is 9.98. The number of aryl methyl sites for hydroxylation is 2. The number of aliphatic carboxylic acids is 1. The van der Waals surface area contributed by atoms with E-state index in [0.717, 1.165) is 28.7 Å². The normalized spacial score (nSPS) is 11.6. The molecule has 150 valence electrons. The Labute approximate surface area is 165 Å². The molecule has 2 aromatic heterocycles. The molecule has 2 rings (SSSR count). The highest BCUT2D eigenvalue weighted by molar-refractivity contribution is 5.67. The van der Waals surface area contributed by atoms with Gasteiger partial charge in [0.1, 0.15) is 6.10 Å². The first-order valence-electron chi connectivity index (χ1n) is 9.43. The Balaban J connectivity index is 1.96. The molecule has 0 spiro atoms. The number of alkyl carbamates (subject to hydrolysis) is 1. The first-order valence-corrected chi connectivity index (χ1v) is 9.43. The molecule has 0 bridgehead atoms. The van der Waals surface area contributed by atoms with Crippen molar-refractivity contribution in [3.63, 3.8) is 0 Å². The number of rotatable bonds is 10. The molecule has 0 radical (unpaired) electrons. The van der Waals surface area contributed by atoms with Crippen LogP contribution in [-0.4, -0.2) is 33.7 Å². The molecule has 1 atom stereocenters. The Morgan fingerprint density at radius 2 is 1.79 bits per heavy atom. The molecular formula is C21H27N3O4. The number of aromatic nitrogens is 2. The first kappa shape index (κ1) is 21.3. The Hall–Kier alpha value is -2.96. The van der Waals surface area contributed by atoms with E-state index in [4.69, 9.17) is 9.84 Å². The van der Waals surface area contributed by atoms with Crippen LogP contribution in [0.2, 0.25) is 0 Å². The van der Waals surface area contributed by atoms with Crippen LogP contribution in [0, 0.1) is 13.8 Å². The lowest BCUT2D eigenvalue weighted by molar-refractivity contribution is -0.137. The van der Waals surface area contributed by atoms with Crippen molar-refractivity contribution in [3.8, 4) is 0 Å². The smallest absolute Gasteiger partial charge is 0.407 e. The Kier molecular flexibility index (Phi) is 8.39. The van der Waals surface area contributed by atoms with Gasteiger partial charge in [-0.1, -0.05) is 6.42 Å². The quantitative estimate of drug-likeness (QED) is 0.604. The van der Waals surface area contributed by atoms with Gasteiger partial charge in [-0.25, -0.2) is 4.79 Å². The summed E-state index contributed by atoms with van der Waals surface area (Å²) in [5.41, 5.74) is 3.96. The fourth-order valence-electron chi connectivity index (χ4n) is 2.88. The lowest BCUT2D eigenvalue weighted by Gasteiger charge is -2.21. The molecule has 0 aliphatic carbocycles. The van der Waals surface area contributed by atoms with E-state index in [1.54, 1.807) is 24.8 Å². The molecule has 2 aromatic rings. The molecule has 28 heavy (non-hydrogen) atoms. The van der Waals surface area contributed by atoms with Crippen molar-refractivity contribution in [2.24, 2.45) is 0 Å². The summed E-state index contributed by atoms with van der Waals surface area (Å²) in [5, 5.41) is 11.4. The zero-order chi connectivity index (χ0) is 20.4. The maximum absolute atomic E-state index is 12.3. The van der Waals surface area contributed by atoms with Gasteiger partial charge in [0.15, 0.2) is 0 Å². The summed E-state index contributed by atoms with van der Waals surface area (Å²) >= 11 is 0. The minimum Gasteiger partial charge on any atom is -0.481 e. The van der Waals surface area contributed by atoms with Crippen molar-refractivity contribution >= 4 is 12.1 Å². The predicted octanol–water partition coefficient (Wildman–Crippen LogP) is 3.75. The van der Waals surface area contributed by atoms with Crippen LogP contribution in [0.4, 0.5) is 4.79 Å². The molecule has 0 fully saturated rings. The third-order valence-corrected chi connectivity index (χ3v) is 4.57. The molecule has 7 heteroatoms. The van der Waals surface area contributed by atoms with Gasteiger partial charge < -0.3 is 15.2 Å². The van der Waals surface area contributed by atoms with Crippen molar-refractivity contribution in [3.05, 3.63) is 59.2 Å². The Morgan fingerprint density at radius 1 is 1.07 bits per heavy atom. The summed E-state index contributed by atoms with van der Waals surface area (Å²) in [7, 11) is 0. The third-order valence-electron chi connectivity index (χ3n) is 4.57. The van der Waals surface area contributed by atoms with Gasteiger partial charge in [-0.2, -0.15) is 0 Å². The van der Waals surface area contributed by atoms with Crippen LogP contribution in [-0.2, 0) is 16.0 Å². The Bertz CT molecular complexity index is 795. The number of unbranched alkanes of at least 4 members (excludes halogenated alkanes) is 2. The van der Waals surface area contributed by atoms with Crippen LogP contribution >= 0.6 is 0 Å². The number of hydrogen-bond donors (Lipinski definition) is 2. The molecule has 2 heterocycles. The SMILES string of the molecule is Cc1ccncc1CC(OC(=O)NCCCCCC(=O)O)c1cnccc1C. The predicted molar refractivity (Wildman–Crippen MR) is 105 cm³/mol. The second-order valence-electron chi connectivity index (χ2n) is 6.76. The third kappa shape index (κ3) is 6.98.